The number of thioether (sulfide) groups is 1. The minimum atomic E-state index is 0.137. The Balaban J connectivity index is 0.000000103. The molecule has 0 atom stereocenters. The van der Waals surface area contributed by atoms with Crippen LogP contribution in [0.3, 0.4) is 0 Å². The number of nitrogens with zero attached hydrogens (tertiary/aromatic N) is 10. The normalized spacial score (nSPS) is 11.3. The molecule has 144 heavy (non-hydrogen) atoms. The third-order valence-electron chi connectivity index (χ3n) is 24.6. The van der Waals surface area contributed by atoms with Crippen molar-refractivity contribution < 1.29 is 44.5 Å². The highest BCUT2D eigenvalue weighted by molar-refractivity contribution is 7.98. The van der Waals surface area contributed by atoms with Crippen LogP contribution in [0, 0.1) is 0 Å². The van der Waals surface area contributed by atoms with E-state index in [0.717, 1.165) is 61.3 Å². The lowest BCUT2D eigenvalue weighted by molar-refractivity contribution is 0.397. The molecular formula is C119H82N10O9S6. The molecule has 5 N–H and O–H groups in total. The number of hydrogen-bond donors (Lipinski definition) is 5. The van der Waals surface area contributed by atoms with Gasteiger partial charge in [0.25, 0.3) is 0 Å². The Bertz CT molecular complexity index is 9410. The molecule has 0 spiro atoms. The van der Waals surface area contributed by atoms with Gasteiger partial charge in [-0.1, -0.05) is 212 Å². The highest BCUT2D eigenvalue weighted by atomic mass is 32.2. The average Bonchev–Trinajstić information content (AvgIpc) is 1.60. The molecule has 26 aromatic rings. The van der Waals surface area contributed by atoms with Gasteiger partial charge in [0.05, 0.1) is 84.7 Å². The third kappa shape index (κ3) is 18.5. The fourth-order valence-corrected chi connectivity index (χ4v) is 23.7. The molecule has 26 rings (SSSR count). The standard InChI is InChI=1S/C27H18N2O2S.3C23H16N2O2S.C23H16N2OS2/c1-31-26-15-22(28-27(29-26)19-8-4-5-9-23(19)30)18-10-11-24-20(13-18)21-12-16-6-2-3-7-17(16)14-25(21)32-24;1-27-21-13-18(24-23(25-21)17-8-2-4-11-19(17)26)16-10-6-9-15-14-7-3-5-12-20(14)28-22(15)16;1-27-22-13-18(24-23(25-22)17-7-2-4-8-19(17)26)14-10-11-16-15-6-3-5-9-20(15)28-21(16)12-14;1-27-22-13-18(24-23(25-22)16-7-2-4-8-19(16)26)14-10-11-21-17(12-14)15-6-3-5-9-20(15)28-21;1-27-21-13-17(24-23(25-21)15-7-2-4-10-18(15)26)14-9-6-12-20-22(14)16-8-3-5-11-19(16)28-20/h2-15,30H,1H3;4*2-13,26H,1H3. The van der Waals surface area contributed by atoms with Crippen LogP contribution in [0.25, 0.3) is 225 Å². The second-order valence-electron chi connectivity index (χ2n) is 33.4. The summed E-state index contributed by atoms with van der Waals surface area (Å²) in [4.78, 5) is 46.1. The Morgan fingerprint density at radius 2 is 0.507 bits per heavy atom. The number of fused-ring (bicyclic) bond motifs is 16. The van der Waals surface area contributed by atoms with Gasteiger partial charge in [-0.05, 0) is 157 Å². The van der Waals surface area contributed by atoms with Gasteiger partial charge >= 0.3 is 0 Å². The van der Waals surface area contributed by atoms with Gasteiger partial charge in [-0.2, -0.15) is 19.9 Å². The molecule has 10 heterocycles. The predicted octanol–water partition coefficient (Wildman–Crippen LogP) is 31.3. The number of methoxy groups -OCH3 is 4. The van der Waals surface area contributed by atoms with Gasteiger partial charge in [-0.15, -0.1) is 68.4 Å². The Hall–Kier alpha value is -17.2. The third-order valence-corrected chi connectivity index (χ3v) is 31.0. The van der Waals surface area contributed by atoms with Crippen molar-refractivity contribution in [2.75, 3.05) is 34.7 Å². The lowest BCUT2D eigenvalue weighted by atomic mass is 10.0. The Kier molecular flexibility index (Phi) is 25.7. The van der Waals surface area contributed by atoms with Gasteiger partial charge in [-0.25, -0.2) is 29.9 Å². The first-order valence-electron chi connectivity index (χ1n) is 45.7. The van der Waals surface area contributed by atoms with E-state index in [2.05, 4.69) is 243 Å². The van der Waals surface area contributed by atoms with E-state index in [9.17, 15) is 25.5 Å². The maximum Gasteiger partial charge on any atom is 0.217 e. The summed E-state index contributed by atoms with van der Waals surface area (Å²) in [5.74, 6) is 4.84. The van der Waals surface area contributed by atoms with E-state index >= 15 is 0 Å². The van der Waals surface area contributed by atoms with Gasteiger partial charge in [0.1, 0.15) is 33.8 Å². The molecule has 16 aromatic carbocycles. The molecule has 0 aliphatic carbocycles. The van der Waals surface area contributed by atoms with E-state index in [0.29, 0.717) is 80.5 Å². The highest BCUT2D eigenvalue weighted by Gasteiger charge is 2.24. The van der Waals surface area contributed by atoms with Crippen LogP contribution in [0.5, 0.6) is 52.3 Å². The molecule has 0 aliphatic heterocycles. The van der Waals surface area contributed by atoms with Crippen LogP contribution in [0.2, 0.25) is 0 Å². The van der Waals surface area contributed by atoms with E-state index in [1.165, 1.54) is 112 Å². The maximum atomic E-state index is 10.3. The summed E-state index contributed by atoms with van der Waals surface area (Å²) in [5.41, 5.74) is 11.9. The topological polar surface area (TPSA) is 267 Å². The molecular weight excluding hydrogens is 1910 g/mol. The molecule has 0 fully saturated rings. The number of thiophene rings is 5. The van der Waals surface area contributed by atoms with Crippen molar-refractivity contribution >= 4 is 180 Å². The Labute approximate surface area is 849 Å². The molecule has 10 aromatic heterocycles. The summed E-state index contributed by atoms with van der Waals surface area (Å²) < 4.78 is 34.1. The molecule has 0 radical (unpaired) electrons. The van der Waals surface area contributed by atoms with Gasteiger partial charge in [0, 0.05) is 153 Å². The number of para-hydroxylation sites is 5. The van der Waals surface area contributed by atoms with Crippen molar-refractivity contribution in [3.05, 3.63) is 376 Å². The number of aromatic nitrogens is 10. The number of hydrogen-bond acceptors (Lipinski definition) is 25. The van der Waals surface area contributed by atoms with Crippen LogP contribution >= 0.6 is 68.4 Å². The van der Waals surface area contributed by atoms with Crippen LogP contribution in [0.1, 0.15) is 0 Å². The van der Waals surface area contributed by atoms with Crippen LogP contribution in [0.15, 0.2) is 381 Å². The zero-order valence-electron chi connectivity index (χ0n) is 77.6. The predicted molar refractivity (Wildman–Crippen MR) is 593 cm³/mol. The Morgan fingerprint density at radius 1 is 0.208 bits per heavy atom. The van der Waals surface area contributed by atoms with Crippen molar-refractivity contribution in [1.29, 1.82) is 0 Å². The minimum absolute atomic E-state index is 0.137. The molecule has 25 heteroatoms. The molecule has 0 amide bonds. The maximum absolute atomic E-state index is 10.3. The second-order valence-corrected chi connectivity index (χ2v) is 39.6. The molecule has 0 aliphatic rings. The second kappa shape index (κ2) is 40.2. The highest BCUT2D eigenvalue weighted by Crippen LogP contribution is 2.48. The molecule has 698 valence electrons. The van der Waals surface area contributed by atoms with E-state index in [1.54, 1.807) is 182 Å². The zero-order chi connectivity index (χ0) is 98.0. The first kappa shape index (κ1) is 91.9. The largest absolute Gasteiger partial charge is 0.507 e. The molecule has 0 unspecified atom stereocenters. The van der Waals surface area contributed by atoms with Crippen LogP contribution < -0.4 is 18.9 Å². The van der Waals surface area contributed by atoms with Crippen LogP contribution in [-0.4, -0.2) is 110 Å². The summed E-state index contributed by atoms with van der Waals surface area (Å²) in [6.07, 6.45) is 2.00. The van der Waals surface area contributed by atoms with Crippen molar-refractivity contribution in [3.63, 3.8) is 0 Å². The van der Waals surface area contributed by atoms with Crippen molar-refractivity contribution in [3.8, 4) is 165 Å². The van der Waals surface area contributed by atoms with Crippen molar-refractivity contribution in [2.24, 2.45) is 0 Å². The first-order chi connectivity index (χ1) is 70.6. The summed E-state index contributed by atoms with van der Waals surface area (Å²) in [7, 11) is 6.33. The summed E-state index contributed by atoms with van der Waals surface area (Å²) >= 11 is 10.5. The Morgan fingerprint density at radius 3 is 0.979 bits per heavy atom. The van der Waals surface area contributed by atoms with E-state index in [-0.39, 0.29) is 28.7 Å². The fraction of sp³-hybridized carbons (Fsp3) is 0.0420. The molecule has 0 saturated carbocycles. The molecule has 0 bridgehead atoms. The van der Waals surface area contributed by atoms with Gasteiger partial charge in [0.2, 0.25) is 23.5 Å². The minimum Gasteiger partial charge on any atom is -0.507 e. The number of rotatable bonds is 15. The first-order valence-corrected chi connectivity index (χ1v) is 51.0. The van der Waals surface area contributed by atoms with Gasteiger partial charge in [-0.3, -0.25) is 0 Å². The number of aromatic hydroxyl groups is 5. The zero-order valence-corrected chi connectivity index (χ0v) is 82.5. The molecule has 0 saturated heterocycles. The number of benzene rings is 16. The van der Waals surface area contributed by atoms with Crippen molar-refractivity contribution in [2.45, 2.75) is 5.03 Å². The van der Waals surface area contributed by atoms with Crippen LogP contribution in [-0.2, 0) is 0 Å². The fourth-order valence-electron chi connectivity index (χ4n) is 17.6. The van der Waals surface area contributed by atoms with Gasteiger partial charge < -0.3 is 44.5 Å². The monoisotopic (exact) mass is 1990 g/mol. The van der Waals surface area contributed by atoms with E-state index in [1.807, 2.05) is 79.1 Å². The summed E-state index contributed by atoms with van der Waals surface area (Å²) in [5, 5.41) is 66.9. The number of phenolic OH excluding ortho intramolecular Hbond substituents is 5. The smallest absolute Gasteiger partial charge is 0.217 e. The number of phenols is 5. The molecule has 19 nitrogen and oxygen atoms in total. The summed E-state index contributed by atoms with van der Waals surface area (Å²) in [6, 6.07) is 123. The quantitative estimate of drug-likeness (QED) is 0.0471. The van der Waals surface area contributed by atoms with Crippen LogP contribution in [0.4, 0.5) is 0 Å². The summed E-state index contributed by atoms with van der Waals surface area (Å²) in [6.45, 7) is 0. The SMILES string of the molecule is COc1cc(-c2ccc3c(c2)sc2ccccc23)nc(-c2ccccc2O)n1.COc1cc(-c2ccc3sc4cc5ccccc5cc4c3c2)nc(-c2ccccc2O)n1.COc1cc(-c2ccc3sc4ccccc4c3c2)nc(-c2ccccc2O)n1.COc1cc(-c2cccc3c2sc2ccccc23)nc(-c2ccccc2O)n1.CSc1cc(-c2cccc3sc4ccccc4c23)nc(-c2ccccc2O)n1. The lowest BCUT2D eigenvalue weighted by Gasteiger charge is -2.10. The lowest BCUT2D eigenvalue weighted by Crippen LogP contribution is -1.96. The van der Waals surface area contributed by atoms with Gasteiger partial charge in [0.15, 0.2) is 29.1 Å². The number of ether oxygens (including phenoxy) is 4. The van der Waals surface area contributed by atoms with E-state index < -0.39 is 0 Å². The average molecular weight is 1990 g/mol. The van der Waals surface area contributed by atoms with Crippen molar-refractivity contribution in [1.82, 2.24) is 49.8 Å². The van der Waals surface area contributed by atoms with E-state index in [4.69, 9.17) is 43.9 Å².